The van der Waals surface area contributed by atoms with Crippen molar-refractivity contribution in [1.29, 1.82) is 0 Å². The first-order valence-electron chi connectivity index (χ1n) is 20.3. The number of cyclic esters (lactones) is 1. The second-order valence-corrected chi connectivity index (χ2v) is 15.4. The van der Waals surface area contributed by atoms with Crippen LogP contribution >= 0.6 is 0 Å². The zero-order chi connectivity index (χ0) is 46.8. The topological polar surface area (TPSA) is 298 Å². The van der Waals surface area contributed by atoms with E-state index in [1.165, 1.54) is 26.1 Å². The fourth-order valence-corrected chi connectivity index (χ4v) is 7.08. The van der Waals surface area contributed by atoms with Gasteiger partial charge in [-0.2, -0.15) is 0 Å². The number of aromatic amines is 1. The molecule has 4 aromatic carbocycles. The van der Waals surface area contributed by atoms with Gasteiger partial charge in [0.2, 0.25) is 29.5 Å². The van der Waals surface area contributed by atoms with E-state index in [0.29, 0.717) is 11.1 Å². The number of carbonyl (C=O) groups excluding carboxylic acids is 7. The number of amides is 6. The molecule has 11 N–H and O–H groups in total. The molecule has 0 spiro atoms. The van der Waals surface area contributed by atoms with Gasteiger partial charge in [-0.3, -0.25) is 28.8 Å². The normalized spacial score (nSPS) is 21.4. The van der Waals surface area contributed by atoms with E-state index < -0.39 is 107 Å². The van der Waals surface area contributed by atoms with E-state index >= 15 is 0 Å². The first-order valence-corrected chi connectivity index (χ1v) is 20.3. The molecule has 19 nitrogen and oxygen atoms in total. The molecule has 1 aliphatic heterocycles. The molecule has 1 aromatic heterocycles. The summed E-state index contributed by atoms with van der Waals surface area (Å²) in [5.41, 5.74) is 0.935. The molecule has 1 saturated heterocycles. The minimum absolute atomic E-state index is 0.0617. The maximum Gasteiger partial charge on any atom is 0.333 e. The average molecular weight is 890 g/mol. The van der Waals surface area contributed by atoms with Gasteiger partial charge in [0.25, 0.3) is 5.91 Å². The predicted molar refractivity (Wildman–Crippen MR) is 231 cm³/mol. The summed E-state index contributed by atoms with van der Waals surface area (Å²) in [5.74, 6) is -8.93. The Morgan fingerprint density at radius 2 is 1.18 bits per heavy atom. The summed E-state index contributed by atoms with van der Waals surface area (Å²) in [6.07, 6.45) is -0.311. The Hall–Kier alpha value is -8.35. The third-order valence-corrected chi connectivity index (χ3v) is 10.4. The number of benzene rings is 4. The minimum Gasteiger partial charge on any atom is -0.508 e. The van der Waals surface area contributed by atoms with Crippen molar-refractivity contribution in [2.24, 2.45) is 0 Å². The number of phenolic OH excluding ortho intramolecular Hbond substituents is 4. The first kappa shape index (κ1) is 46.2. The van der Waals surface area contributed by atoms with E-state index in [9.17, 15) is 54.0 Å². The highest BCUT2D eigenvalue weighted by molar-refractivity contribution is 5.99. The van der Waals surface area contributed by atoms with Gasteiger partial charge >= 0.3 is 5.97 Å². The monoisotopic (exact) mass is 889 g/mol. The molecular formula is C46H47N7O12. The number of ether oxygens (including phenoxy) is 1. The number of nitrogens with one attached hydrogen (secondary N) is 7. The van der Waals surface area contributed by atoms with Gasteiger partial charge in [-0.25, -0.2) is 4.79 Å². The lowest BCUT2D eigenvalue weighted by Crippen LogP contribution is -2.62. The van der Waals surface area contributed by atoms with Gasteiger partial charge in [0, 0.05) is 31.2 Å². The number of rotatable bonds is 10. The standard InChI is InChI=1S/C46H47N7O12/c1-24-40(58)52-38(28-18-30(54)22-31(55)19-28)45(63)53-39(29-20-32(56)23-33(57)21-29)46(64)65-25(2)37(44(62)50-35(42(60)48-24)16-26-10-5-3-6-11-26)51-43(61)36(17-27-12-7-4-8-13-27)49-41(59)34-14-9-15-47-34/h3-15,18-25,35-39,47,54-57H,16-17H2,1-2H3,(H,48,60)(H,49,59)(H,50,62)(H,51,61)(H,52,58)(H,53,63)/t24-,25+,35-,36-,37-,38+,39+/m0/s1. The van der Waals surface area contributed by atoms with Crippen LogP contribution < -0.4 is 31.9 Å². The molecule has 338 valence electrons. The molecule has 0 radical (unpaired) electrons. The van der Waals surface area contributed by atoms with E-state index in [1.54, 1.807) is 66.7 Å². The van der Waals surface area contributed by atoms with E-state index in [1.807, 2.05) is 0 Å². The first-order chi connectivity index (χ1) is 31.0. The van der Waals surface area contributed by atoms with E-state index in [-0.39, 0.29) is 29.7 Å². The summed E-state index contributed by atoms with van der Waals surface area (Å²) in [4.78, 5) is 101. The van der Waals surface area contributed by atoms with Gasteiger partial charge in [-0.1, -0.05) is 60.7 Å². The number of phenols is 4. The van der Waals surface area contributed by atoms with Crippen molar-refractivity contribution >= 4 is 41.4 Å². The second-order valence-electron chi connectivity index (χ2n) is 15.4. The van der Waals surface area contributed by atoms with Crippen LogP contribution in [0, 0.1) is 0 Å². The molecule has 1 fully saturated rings. The molecule has 0 aliphatic carbocycles. The van der Waals surface area contributed by atoms with Crippen LogP contribution in [-0.4, -0.2) is 97.1 Å². The summed E-state index contributed by atoms with van der Waals surface area (Å²) in [5, 5.41) is 56.8. The highest BCUT2D eigenvalue weighted by atomic mass is 16.5. The largest absolute Gasteiger partial charge is 0.508 e. The Morgan fingerprint density at radius 3 is 1.75 bits per heavy atom. The fraction of sp³-hybridized carbons (Fsp3) is 0.239. The quantitative estimate of drug-likeness (QED) is 0.0891. The lowest BCUT2D eigenvalue weighted by Gasteiger charge is -2.31. The third kappa shape index (κ3) is 12.2. The molecule has 2 heterocycles. The van der Waals surface area contributed by atoms with Crippen molar-refractivity contribution in [1.82, 2.24) is 36.9 Å². The summed E-state index contributed by atoms with van der Waals surface area (Å²) in [6.45, 7) is 2.54. The average Bonchev–Trinajstić information content (AvgIpc) is 3.81. The van der Waals surface area contributed by atoms with Gasteiger partial charge in [0.1, 0.15) is 65.0 Å². The van der Waals surface area contributed by atoms with Crippen LogP contribution in [-0.2, 0) is 46.3 Å². The van der Waals surface area contributed by atoms with Crippen LogP contribution in [0.4, 0.5) is 0 Å². The summed E-state index contributed by atoms with van der Waals surface area (Å²) < 4.78 is 5.81. The SMILES string of the molecule is C[C@@H]1NC(=O)[C@H](Cc2ccccc2)NC(=O)[C@@H](NC(=O)[C@H](Cc2ccccc2)NC(=O)c2ccc[nH]2)[C@@H](C)OC(=O)[C@@H](c2cc(O)cc(O)c2)NC(=O)[C@@H](c2cc(O)cc(O)c2)NC1=O. The summed E-state index contributed by atoms with van der Waals surface area (Å²) in [6, 6.07) is 16.7. The second kappa shape index (κ2) is 20.7. The Morgan fingerprint density at radius 1 is 0.631 bits per heavy atom. The summed E-state index contributed by atoms with van der Waals surface area (Å²) in [7, 11) is 0. The van der Waals surface area contributed by atoms with Crippen molar-refractivity contribution in [2.75, 3.05) is 0 Å². The number of carbonyl (C=O) groups is 7. The van der Waals surface area contributed by atoms with Crippen LogP contribution in [0.15, 0.2) is 115 Å². The fourth-order valence-electron chi connectivity index (χ4n) is 7.08. The van der Waals surface area contributed by atoms with Crippen LogP contribution in [0.1, 0.15) is 58.7 Å². The van der Waals surface area contributed by atoms with E-state index in [2.05, 4.69) is 36.9 Å². The minimum atomic E-state index is -1.91. The van der Waals surface area contributed by atoms with Crippen molar-refractivity contribution < 1.29 is 58.7 Å². The van der Waals surface area contributed by atoms with Gasteiger partial charge in [0.05, 0.1) is 0 Å². The molecule has 7 atom stereocenters. The summed E-state index contributed by atoms with van der Waals surface area (Å²) >= 11 is 0. The van der Waals surface area contributed by atoms with Crippen LogP contribution in [0.2, 0.25) is 0 Å². The molecule has 0 saturated carbocycles. The number of aromatic nitrogens is 1. The molecule has 19 heteroatoms. The zero-order valence-electron chi connectivity index (χ0n) is 35.0. The molecule has 0 unspecified atom stereocenters. The molecule has 5 aromatic rings. The highest BCUT2D eigenvalue weighted by Gasteiger charge is 2.39. The molecule has 65 heavy (non-hydrogen) atoms. The van der Waals surface area contributed by atoms with Crippen molar-refractivity contribution in [3.63, 3.8) is 0 Å². The predicted octanol–water partition coefficient (Wildman–Crippen LogP) is 1.56. The smallest absolute Gasteiger partial charge is 0.333 e. The lowest BCUT2D eigenvalue weighted by atomic mass is 10.0. The Labute approximate surface area is 371 Å². The zero-order valence-corrected chi connectivity index (χ0v) is 35.0. The van der Waals surface area contributed by atoms with Crippen LogP contribution in [0.5, 0.6) is 23.0 Å². The number of esters is 1. The Balaban J connectivity index is 1.43. The molecular weight excluding hydrogens is 843 g/mol. The molecule has 1 aliphatic rings. The van der Waals surface area contributed by atoms with Crippen molar-refractivity contribution in [3.8, 4) is 23.0 Å². The lowest BCUT2D eigenvalue weighted by molar-refractivity contribution is -0.156. The number of hydrogen-bond donors (Lipinski definition) is 11. The number of aromatic hydroxyl groups is 4. The van der Waals surface area contributed by atoms with E-state index in [0.717, 1.165) is 36.4 Å². The van der Waals surface area contributed by atoms with Gasteiger partial charge in [-0.05, 0) is 72.5 Å². The van der Waals surface area contributed by atoms with Gasteiger partial charge in [0.15, 0.2) is 6.04 Å². The number of H-pyrrole nitrogens is 1. The highest BCUT2D eigenvalue weighted by Crippen LogP contribution is 2.29. The Kier molecular flexibility index (Phi) is 14.7. The van der Waals surface area contributed by atoms with Gasteiger partial charge in [-0.15, -0.1) is 0 Å². The third-order valence-electron chi connectivity index (χ3n) is 10.4. The van der Waals surface area contributed by atoms with Crippen LogP contribution in [0.25, 0.3) is 0 Å². The Bertz CT molecular complexity index is 2500. The van der Waals surface area contributed by atoms with Crippen molar-refractivity contribution in [3.05, 3.63) is 143 Å². The molecule has 6 rings (SSSR count). The maximum atomic E-state index is 14.5. The van der Waals surface area contributed by atoms with E-state index in [4.69, 9.17) is 4.74 Å². The van der Waals surface area contributed by atoms with Crippen molar-refractivity contribution in [2.45, 2.75) is 69.0 Å². The van der Waals surface area contributed by atoms with Gasteiger partial charge < -0.3 is 62.0 Å². The molecule has 0 bridgehead atoms. The van der Waals surface area contributed by atoms with Crippen LogP contribution in [0.3, 0.4) is 0 Å². The number of hydrogen-bond acceptors (Lipinski definition) is 12. The maximum absolute atomic E-state index is 14.5. The molecule has 6 amide bonds.